The fourth-order valence-electron chi connectivity index (χ4n) is 3.97. The predicted molar refractivity (Wildman–Crippen MR) is 119 cm³/mol. The Morgan fingerprint density at radius 2 is 1.87 bits per heavy atom. The molecule has 7 nitrogen and oxygen atoms in total. The molecule has 1 aromatic heterocycles. The lowest BCUT2D eigenvalue weighted by atomic mass is 9.94. The van der Waals surface area contributed by atoms with Crippen LogP contribution in [-0.4, -0.2) is 42.7 Å². The van der Waals surface area contributed by atoms with Gasteiger partial charge in [0, 0.05) is 37.7 Å². The van der Waals surface area contributed by atoms with E-state index in [0.29, 0.717) is 52.3 Å². The number of aromatic nitrogens is 1. The third-order valence-corrected chi connectivity index (χ3v) is 5.60. The molecule has 0 aliphatic carbocycles. The first kappa shape index (κ1) is 21.1. The normalized spacial score (nSPS) is 12.9. The summed E-state index contributed by atoms with van der Waals surface area (Å²) in [7, 11) is 1.61. The fourth-order valence-corrected chi connectivity index (χ4v) is 4.21. The van der Waals surface area contributed by atoms with E-state index < -0.39 is 17.8 Å². The van der Waals surface area contributed by atoms with Crippen LogP contribution in [0.25, 0.3) is 22.0 Å². The third kappa shape index (κ3) is 3.60. The molecule has 162 valence electrons. The van der Waals surface area contributed by atoms with Crippen molar-refractivity contribution in [2.75, 3.05) is 20.3 Å². The van der Waals surface area contributed by atoms with Crippen LogP contribution in [0.15, 0.2) is 36.4 Å². The summed E-state index contributed by atoms with van der Waals surface area (Å²) in [6.45, 7) is 2.93. The molecular weight excluding hydrogens is 420 g/mol. The van der Waals surface area contributed by atoms with E-state index >= 15 is 0 Å². The average Bonchev–Trinajstić information content (AvgIpc) is 3.25. The van der Waals surface area contributed by atoms with Gasteiger partial charge in [0.05, 0.1) is 23.3 Å². The molecule has 1 aliphatic heterocycles. The third-order valence-electron chi connectivity index (χ3n) is 5.27. The fraction of sp³-hybridized carbons (Fsp3) is 0.261. The number of hydrogen-bond donors (Lipinski definition) is 1. The van der Waals surface area contributed by atoms with Gasteiger partial charge in [-0.1, -0.05) is 29.8 Å². The van der Waals surface area contributed by atoms with Crippen molar-refractivity contribution < 1.29 is 25.3 Å². The van der Waals surface area contributed by atoms with E-state index in [1.165, 1.54) is 0 Å². The quantitative estimate of drug-likeness (QED) is 0.335. The molecule has 4 rings (SSSR count). The molecule has 2 aromatic carbocycles. The van der Waals surface area contributed by atoms with Gasteiger partial charge in [-0.3, -0.25) is 14.9 Å². The first-order chi connectivity index (χ1) is 15.0. The number of nitrogens with zero attached hydrogens (tertiary/aromatic N) is 1. The Bertz CT molecular complexity index is 1220. The standard InChI is InChI=1S/C23H21ClN2O5.H2/c1-3-31-23(29)18-12-15-17(26(18)9-6-10-30-2)11-14(13-7-4-5-8-16(13)24)19-20(15)22(28)25-21(19)27;/h4-5,7-8,11-12H,3,6,9-10H2,1-2H3,(H,25,27,28);1H. The van der Waals surface area contributed by atoms with Crippen molar-refractivity contribution in [3.05, 3.63) is 58.2 Å². The van der Waals surface area contributed by atoms with Crippen LogP contribution in [0.5, 0.6) is 0 Å². The maximum atomic E-state index is 12.7. The van der Waals surface area contributed by atoms with Gasteiger partial charge in [-0.15, -0.1) is 0 Å². The second-order valence-corrected chi connectivity index (χ2v) is 7.53. The molecule has 0 radical (unpaired) electrons. The van der Waals surface area contributed by atoms with Crippen LogP contribution in [-0.2, 0) is 16.0 Å². The number of rotatable bonds is 7. The monoisotopic (exact) mass is 442 g/mol. The van der Waals surface area contributed by atoms with E-state index in [1.807, 2.05) is 16.7 Å². The van der Waals surface area contributed by atoms with Crippen molar-refractivity contribution in [3.8, 4) is 11.1 Å². The Morgan fingerprint density at radius 3 is 2.58 bits per heavy atom. The number of hydrogen-bond acceptors (Lipinski definition) is 5. The van der Waals surface area contributed by atoms with Crippen LogP contribution >= 0.6 is 11.6 Å². The van der Waals surface area contributed by atoms with E-state index in [1.54, 1.807) is 38.3 Å². The lowest BCUT2D eigenvalue weighted by Gasteiger charge is -2.13. The molecule has 2 heterocycles. The average molecular weight is 443 g/mol. The van der Waals surface area contributed by atoms with Gasteiger partial charge >= 0.3 is 5.97 Å². The summed E-state index contributed by atoms with van der Waals surface area (Å²) in [6.07, 6.45) is 0.649. The lowest BCUT2D eigenvalue weighted by Crippen LogP contribution is -2.20. The van der Waals surface area contributed by atoms with Crippen molar-refractivity contribution in [1.82, 2.24) is 9.88 Å². The zero-order chi connectivity index (χ0) is 22.1. The van der Waals surface area contributed by atoms with Crippen molar-refractivity contribution in [2.24, 2.45) is 0 Å². The Balaban J connectivity index is 0.00000289. The molecule has 0 bridgehead atoms. The molecule has 3 aromatic rings. The van der Waals surface area contributed by atoms with Crippen molar-refractivity contribution in [1.29, 1.82) is 0 Å². The summed E-state index contributed by atoms with van der Waals surface area (Å²) in [5.41, 5.74) is 2.65. The molecule has 0 saturated carbocycles. The Hall–Kier alpha value is -3.16. The molecule has 8 heteroatoms. The van der Waals surface area contributed by atoms with Crippen LogP contribution in [0.4, 0.5) is 0 Å². The van der Waals surface area contributed by atoms with Gasteiger partial charge in [0.1, 0.15) is 5.69 Å². The highest BCUT2D eigenvalue weighted by Gasteiger charge is 2.34. The molecule has 0 atom stereocenters. The minimum atomic E-state index is -0.497. The van der Waals surface area contributed by atoms with Gasteiger partial charge in [-0.05, 0) is 37.1 Å². The van der Waals surface area contributed by atoms with E-state index in [2.05, 4.69) is 5.32 Å². The number of fused-ring (bicyclic) bond motifs is 3. The number of benzene rings is 2. The molecule has 0 spiro atoms. The number of ether oxygens (including phenoxy) is 2. The first-order valence-corrected chi connectivity index (χ1v) is 10.3. The maximum Gasteiger partial charge on any atom is 0.354 e. The first-order valence-electron chi connectivity index (χ1n) is 9.94. The molecule has 0 fully saturated rings. The zero-order valence-corrected chi connectivity index (χ0v) is 17.9. The van der Waals surface area contributed by atoms with Gasteiger partial charge in [0.2, 0.25) is 0 Å². The van der Waals surface area contributed by atoms with Crippen molar-refractivity contribution in [2.45, 2.75) is 19.9 Å². The van der Waals surface area contributed by atoms with Crippen LogP contribution in [0.1, 0.15) is 46.0 Å². The number of carbonyl (C=O) groups excluding carboxylic acids is 3. The maximum absolute atomic E-state index is 12.7. The van der Waals surface area contributed by atoms with Crippen LogP contribution in [0.2, 0.25) is 5.02 Å². The second kappa shape index (κ2) is 8.53. The van der Waals surface area contributed by atoms with Gasteiger partial charge in [0.15, 0.2) is 0 Å². The van der Waals surface area contributed by atoms with Gasteiger partial charge in [-0.25, -0.2) is 4.79 Å². The second-order valence-electron chi connectivity index (χ2n) is 7.12. The Morgan fingerprint density at radius 1 is 1.13 bits per heavy atom. The molecular formula is C23H23ClN2O5. The summed E-state index contributed by atoms with van der Waals surface area (Å²) in [5, 5.41) is 3.35. The summed E-state index contributed by atoms with van der Waals surface area (Å²) in [6, 6.07) is 10.6. The van der Waals surface area contributed by atoms with Crippen molar-refractivity contribution in [3.63, 3.8) is 0 Å². The summed E-state index contributed by atoms with van der Waals surface area (Å²) in [4.78, 5) is 38.1. The summed E-state index contributed by atoms with van der Waals surface area (Å²) >= 11 is 6.42. The highest BCUT2D eigenvalue weighted by atomic mass is 35.5. The van der Waals surface area contributed by atoms with Crippen LogP contribution < -0.4 is 5.32 Å². The minimum absolute atomic E-state index is 0. The number of aryl methyl sites for hydroxylation is 1. The largest absolute Gasteiger partial charge is 0.461 e. The number of imide groups is 1. The predicted octanol–water partition coefficient (Wildman–Crippen LogP) is 4.30. The van der Waals surface area contributed by atoms with Gasteiger partial charge in [-0.2, -0.15) is 0 Å². The van der Waals surface area contributed by atoms with E-state index in [9.17, 15) is 14.4 Å². The smallest absolute Gasteiger partial charge is 0.354 e. The molecule has 0 unspecified atom stereocenters. The lowest BCUT2D eigenvalue weighted by molar-refractivity contribution is 0.0513. The zero-order valence-electron chi connectivity index (χ0n) is 17.2. The molecule has 0 saturated heterocycles. The number of carbonyl (C=O) groups is 3. The Kier molecular flexibility index (Phi) is 5.80. The van der Waals surface area contributed by atoms with E-state index in [4.69, 9.17) is 21.1 Å². The summed E-state index contributed by atoms with van der Waals surface area (Å²) < 4.78 is 12.2. The summed E-state index contributed by atoms with van der Waals surface area (Å²) in [5.74, 6) is -1.47. The number of halogens is 1. The molecule has 1 aliphatic rings. The highest BCUT2D eigenvalue weighted by Crippen LogP contribution is 2.39. The van der Waals surface area contributed by atoms with E-state index in [0.717, 1.165) is 0 Å². The SMILES string of the molecule is CCOC(=O)c1cc2c3c(c(-c4ccccc4Cl)cc2n1CCCOC)C(=O)NC3=O.[HH]. The highest BCUT2D eigenvalue weighted by molar-refractivity contribution is 6.35. The minimum Gasteiger partial charge on any atom is -0.461 e. The van der Waals surface area contributed by atoms with Gasteiger partial charge < -0.3 is 14.0 Å². The van der Waals surface area contributed by atoms with Gasteiger partial charge in [0.25, 0.3) is 11.8 Å². The number of amides is 2. The number of nitrogens with one attached hydrogen (secondary N) is 1. The van der Waals surface area contributed by atoms with Crippen molar-refractivity contribution >= 4 is 40.3 Å². The van der Waals surface area contributed by atoms with Crippen LogP contribution in [0.3, 0.4) is 0 Å². The topological polar surface area (TPSA) is 86.6 Å². The number of methoxy groups -OCH3 is 1. The Labute approximate surface area is 185 Å². The van der Waals surface area contributed by atoms with Crippen LogP contribution in [0, 0.1) is 0 Å². The molecule has 2 amide bonds. The molecule has 1 N–H and O–H groups in total. The molecule has 31 heavy (non-hydrogen) atoms. The number of esters is 1. The van der Waals surface area contributed by atoms with E-state index in [-0.39, 0.29) is 19.2 Å².